The Labute approximate surface area is 98.6 Å². The van der Waals surface area contributed by atoms with Crippen LogP contribution in [0.25, 0.3) is 0 Å². The predicted octanol–water partition coefficient (Wildman–Crippen LogP) is 3.90. The van der Waals surface area contributed by atoms with Crippen molar-refractivity contribution in [1.29, 1.82) is 0 Å². The summed E-state index contributed by atoms with van der Waals surface area (Å²) in [5.41, 5.74) is 2.35. The van der Waals surface area contributed by atoms with Gasteiger partial charge < -0.3 is 0 Å². The Hall–Kier alpha value is -0.850. The van der Waals surface area contributed by atoms with Crippen LogP contribution >= 0.6 is 0 Å². The molecule has 2 atom stereocenters. The van der Waals surface area contributed by atoms with Crippen molar-refractivity contribution in [2.75, 3.05) is 0 Å². The van der Waals surface area contributed by atoms with E-state index in [2.05, 4.69) is 27.4 Å². The Morgan fingerprint density at radius 3 is 2.69 bits per heavy atom. The molecule has 1 heteroatoms. The molecule has 16 heavy (non-hydrogen) atoms. The molecule has 2 unspecified atom stereocenters. The molecule has 0 spiro atoms. The fourth-order valence-electron chi connectivity index (χ4n) is 3.04. The Morgan fingerprint density at radius 2 is 2.00 bits per heavy atom. The third-order valence-electron chi connectivity index (χ3n) is 4.39. The first-order valence-electron chi connectivity index (χ1n) is 6.37. The molecule has 0 aromatic carbocycles. The summed E-state index contributed by atoms with van der Waals surface area (Å²) in [5, 5.41) is 0. The molecule has 0 bridgehead atoms. The summed E-state index contributed by atoms with van der Waals surface area (Å²) in [7, 11) is 0. The predicted molar refractivity (Wildman–Crippen MR) is 67.1 cm³/mol. The third kappa shape index (κ3) is 1.88. The fourth-order valence-corrected chi connectivity index (χ4v) is 3.04. The molecule has 2 aliphatic carbocycles. The van der Waals surface area contributed by atoms with Crippen molar-refractivity contribution in [3.63, 3.8) is 0 Å². The first-order chi connectivity index (χ1) is 7.42. The van der Waals surface area contributed by atoms with Gasteiger partial charge >= 0.3 is 0 Å². The van der Waals surface area contributed by atoms with E-state index in [1.54, 1.807) is 0 Å². The zero-order chi connectivity index (χ0) is 11.9. The Bertz CT molecular complexity index is 360. The van der Waals surface area contributed by atoms with Gasteiger partial charge in [-0.25, -0.2) is 0 Å². The second-order valence-electron chi connectivity index (χ2n) is 6.15. The molecule has 0 saturated heterocycles. The number of allylic oxidation sites excluding steroid dienone is 3. The minimum atomic E-state index is 0.169. The first-order valence-corrected chi connectivity index (χ1v) is 6.37. The molecule has 0 aromatic rings. The molecule has 2 rings (SSSR count). The van der Waals surface area contributed by atoms with Crippen LogP contribution in [0.1, 0.15) is 46.5 Å². The van der Waals surface area contributed by atoms with E-state index in [9.17, 15) is 4.79 Å². The second-order valence-corrected chi connectivity index (χ2v) is 6.15. The largest absolute Gasteiger partial charge is 0.290 e. The molecular weight excluding hydrogens is 196 g/mol. The van der Waals surface area contributed by atoms with Gasteiger partial charge in [0.1, 0.15) is 0 Å². The van der Waals surface area contributed by atoms with E-state index in [1.807, 2.05) is 6.08 Å². The summed E-state index contributed by atoms with van der Waals surface area (Å²) in [6, 6.07) is 0. The maximum atomic E-state index is 11.8. The number of rotatable bonds is 0. The lowest BCUT2D eigenvalue weighted by molar-refractivity contribution is -0.111. The van der Waals surface area contributed by atoms with Crippen LogP contribution in [0.3, 0.4) is 0 Å². The second kappa shape index (κ2) is 3.87. The SMILES string of the molecule is C=C1C(=O)C=C2C1CCC(C)CCC2(C)C. The highest BCUT2D eigenvalue weighted by molar-refractivity contribution is 6.07. The highest BCUT2D eigenvalue weighted by Gasteiger charge is 2.38. The average Bonchev–Trinajstić information content (AvgIpc) is 2.49. The Balaban J connectivity index is 2.33. The van der Waals surface area contributed by atoms with E-state index < -0.39 is 0 Å². The maximum absolute atomic E-state index is 11.8. The van der Waals surface area contributed by atoms with Gasteiger partial charge in [0.15, 0.2) is 5.78 Å². The summed E-state index contributed by atoms with van der Waals surface area (Å²) in [6.45, 7) is 10.9. The van der Waals surface area contributed by atoms with Crippen molar-refractivity contribution < 1.29 is 4.79 Å². The number of hydrogen-bond donors (Lipinski definition) is 0. The van der Waals surface area contributed by atoms with Crippen LogP contribution in [0.2, 0.25) is 0 Å². The highest BCUT2D eigenvalue weighted by atomic mass is 16.1. The molecule has 1 saturated carbocycles. The van der Waals surface area contributed by atoms with Crippen molar-refractivity contribution >= 4 is 5.78 Å². The van der Waals surface area contributed by atoms with Gasteiger partial charge in [0.2, 0.25) is 0 Å². The van der Waals surface area contributed by atoms with Crippen LogP contribution < -0.4 is 0 Å². The van der Waals surface area contributed by atoms with Crippen molar-refractivity contribution in [1.82, 2.24) is 0 Å². The summed E-state index contributed by atoms with van der Waals surface area (Å²) < 4.78 is 0. The van der Waals surface area contributed by atoms with Gasteiger partial charge in [-0.05, 0) is 48.7 Å². The first kappa shape index (κ1) is 11.6. The molecule has 0 heterocycles. The van der Waals surface area contributed by atoms with Gasteiger partial charge in [-0.15, -0.1) is 0 Å². The van der Waals surface area contributed by atoms with Crippen LogP contribution in [0.4, 0.5) is 0 Å². The zero-order valence-corrected chi connectivity index (χ0v) is 10.7. The van der Waals surface area contributed by atoms with E-state index in [-0.39, 0.29) is 11.2 Å². The standard InChI is InChI=1S/C15H22O/c1-10-5-6-12-11(2)14(16)9-13(12)15(3,4)8-7-10/h9-10,12H,2,5-8H2,1,3-4H3. The molecule has 0 N–H and O–H groups in total. The molecule has 0 aliphatic heterocycles. The van der Waals surface area contributed by atoms with Crippen LogP contribution in [-0.2, 0) is 4.79 Å². The monoisotopic (exact) mass is 218 g/mol. The smallest absolute Gasteiger partial charge is 0.181 e. The molecule has 0 radical (unpaired) electrons. The zero-order valence-electron chi connectivity index (χ0n) is 10.7. The van der Waals surface area contributed by atoms with E-state index in [4.69, 9.17) is 0 Å². The van der Waals surface area contributed by atoms with Gasteiger partial charge in [0.25, 0.3) is 0 Å². The van der Waals surface area contributed by atoms with Crippen LogP contribution in [0.5, 0.6) is 0 Å². The van der Waals surface area contributed by atoms with Gasteiger partial charge in [-0.3, -0.25) is 4.79 Å². The minimum Gasteiger partial charge on any atom is -0.290 e. The number of hydrogen-bond acceptors (Lipinski definition) is 1. The van der Waals surface area contributed by atoms with Crippen molar-refractivity contribution in [3.05, 3.63) is 23.8 Å². The van der Waals surface area contributed by atoms with E-state index >= 15 is 0 Å². The molecular formula is C15H22O. The molecule has 0 amide bonds. The van der Waals surface area contributed by atoms with E-state index in [0.29, 0.717) is 5.92 Å². The number of ketones is 1. The topological polar surface area (TPSA) is 17.1 Å². The Kier molecular flexibility index (Phi) is 2.81. The molecule has 1 nitrogen and oxygen atoms in total. The number of carbonyl (C=O) groups is 1. The van der Waals surface area contributed by atoms with Crippen LogP contribution in [0, 0.1) is 17.3 Å². The van der Waals surface area contributed by atoms with E-state index in [0.717, 1.165) is 17.9 Å². The van der Waals surface area contributed by atoms with Crippen LogP contribution in [-0.4, -0.2) is 5.78 Å². The Morgan fingerprint density at radius 1 is 1.31 bits per heavy atom. The number of fused-ring (bicyclic) bond motifs is 1. The quantitative estimate of drug-likeness (QED) is 0.563. The summed E-state index contributed by atoms with van der Waals surface area (Å²) in [6.07, 6.45) is 6.67. The fraction of sp³-hybridized carbons (Fsp3) is 0.667. The van der Waals surface area contributed by atoms with Crippen molar-refractivity contribution in [2.45, 2.75) is 46.5 Å². The van der Waals surface area contributed by atoms with Gasteiger partial charge in [0.05, 0.1) is 0 Å². The lowest BCUT2D eigenvalue weighted by Crippen LogP contribution is -2.23. The van der Waals surface area contributed by atoms with Crippen molar-refractivity contribution in [3.8, 4) is 0 Å². The molecule has 1 fully saturated rings. The van der Waals surface area contributed by atoms with Gasteiger partial charge in [-0.2, -0.15) is 0 Å². The van der Waals surface area contributed by atoms with Gasteiger partial charge in [-0.1, -0.05) is 32.9 Å². The molecule has 2 aliphatic rings. The lowest BCUT2D eigenvalue weighted by Gasteiger charge is -2.35. The maximum Gasteiger partial charge on any atom is 0.181 e. The summed E-state index contributed by atoms with van der Waals surface area (Å²) >= 11 is 0. The highest BCUT2D eigenvalue weighted by Crippen LogP contribution is 2.47. The minimum absolute atomic E-state index is 0.169. The summed E-state index contributed by atoms with van der Waals surface area (Å²) in [4.78, 5) is 11.8. The number of carbonyl (C=O) groups excluding carboxylic acids is 1. The molecule has 0 aromatic heterocycles. The lowest BCUT2D eigenvalue weighted by atomic mass is 9.70. The van der Waals surface area contributed by atoms with Crippen molar-refractivity contribution in [2.24, 2.45) is 17.3 Å². The third-order valence-corrected chi connectivity index (χ3v) is 4.39. The van der Waals surface area contributed by atoms with E-state index in [1.165, 1.54) is 24.8 Å². The average molecular weight is 218 g/mol. The molecule has 88 valence electrons. The van der Waals surface area contributed by atoms with Gasteiger partial charge in [0, 0.05) is 5.92 Å². The summed E-state index contributed by atoms with van der Waals surface area (Å²) in [5.74, 6) is 1.29. The van der Waals surface area contributed by atoms with Crippen LogP contribution in [0.15, 0.2) is 23.8 Å². The normalized spacial score (nSPS) is 34.1.